The second-order valence-electron chi connectivity index (χ2n) is 5.88. The van der Waals surface area contributed by atoms with E-state index in [0.29, 0.717) is 11.5 Å². The van der Waals surface area contributed by atoms with Crippen LogP contribution in [0, 0.1) is 0 Å². The predicted octanol–water partition coefficient (Wildman–Crippen LogP) is 2.34. The molecule has 29 heavy (non-hydrogen) atoms. The van der Waals surface area contributed by atoms with Crippen molar-refractivity contribution in [2.75, 3.05) is 37.6 Å². The Balaban J connectivity index is 2.12. The third-order valence-corrected chi connectivity index (χ3v) is 5.75. The van der Waals surface area contributed by atoms with Crippen LogP contribution in [0.3, 0.4) is 0 Å². The van der Waals surface area contributed by atoms with Crippen LogP contribution in [-0.2, 0) is 14.8 Å². The second-order valence-corrected chi connectivity index (χ2v) is 8.66. The molecule has 0 aliphatic carbocycles. The van der Waals surface area contributed by atoms with Crippen molar-refractivity contribution in [2.45, 2.75) is 4.90 Å². The number of nitrogens with zero attached hydrogens (tertiary/aromatic N) is 2. The van der Waals surface area contributed by atoms with Crippen LogP contribution in [0.4, 0.5) is 5.69 Å². The number of benzene rings is 2. The third kappa shape index (κ3) is 6.40. The summed E-state index contributed by atoms with van der Waals surface area (Å²) in [4.78, 5) is 13.4. The van der Waals surface area contributed by atoms with Crippen molar-refractivity contribution in [1.82, 2.24) is 5.43 Å². The zero-order chi connectivity index (χ0) is 21.4. The summed E-state index contributed by atoms with van der Waals surface area (Å²) in [5, 5.41) is 3.89. The van der Waals surface area contributed by atoms with E-state index in [-0.39, 0.29) is 5.69 Å². The first-order chi connectivity index (χ1) is 13.8. The Bertz CT molecular complexity index is 976. The van der Waals surface area contributed by atoms with Crippen molar-refractivity contribution < 1.29 is 22.7 Å². The van der Waals surface area contributed by atoms with Gasteiger partial charge in [-0.25, -0.2) is 13.8 Å². The van der Waals surface area contributed by atoms with Crippen LogP contribution < -0.4 is 19.2 Å². The minimum absolute atomic E-state index is 0.275. The molecule has 0 aliphatic rings. The quantitative estimate of drug-likeness (QED) is 0.367. The molecule has 10 heteroatoms. The number of sulfonamides is 1. The smallest absolute Gasteiger partial charge is 0.260 e. The highest BCUT2D eigenvalue weighted by Crippen LogP contribution is 2.32. The molecular weight excluding hydrogens is 414 g/mol. The Morgan fingerprint density at radius 2 is 1.79 bits per heavy atom. The molecule has 0 radical (unpaired) electrons. The van der Waals surface area contributed by atoms with Gasteiger partial charge < -0.3 is 9.47 Å². The van der Waals surface area contributed by atoms with E-state index in [0.717, 1.165) is 21.0 Å². The summed E-state index contributed by atoms with van der Waals surface area (Å²) in [7, 11) is -0.798. The summed E-state index contributed by atoms with van der Waals surface area (Å²) in [6.45, 7) is -0.433. The lowest BCUT2D eigenvalue weighted by Crippen LogP contribution is -2.39. The van der Waals surface area contributed by atoms with Gasteiger partial charge in [0.15, 0.2) is 11.5 Å². The maximum absolute atomic E-state index is 12.3. The van der Waals surface area contributed by atoms with Crippen LogP contribution >= 0.6 is 11.8 Å². The number of nitrogens with one attached hydrogen (secondary N) is 1. The molecule has 0 spiro atoms. The largest absolute Gasteiger partial charge is 0.493 e. The second kappa shape index (κ2) is 10.2. The van der Waals surface area contributed by atoms with Crippen LogP contribution in [0.25, 0.3) is 0 Å². The average Bonchev–Trinajstić information content (AvgIpc) is 2.71. The first-order valence-corrected chi connectivity index (χ1v) is 11.5. The van der Waals surface area contributed by atoms with Crippen molar-refractivity contribution in [1.29, 1.82) is 0 Å². The summed E-state index contributed by atoms with van der Waals surface area (Å²) in [5.41, 5.74) is 3.43. The molecule has 1 amide bonds. The van der Waals surface area contributed by atoms with E-state index in [4.69, 9.17) is 9.47 Å². The lowest BCUT2D eigenvalue weighted by Gasteiger charge is -2.22. The molecular formula is C19H23N3O5S2. The Hall–Kier alpha value is -2.72. The van der Waals surface area contributed by atoms with Gasteiger partial charge in [-0.3, -0.25) is 9.10 Å². The molecule has 2 aromatic rings. The van der Waals surface area contributed by atoms with Crippen LogP contribution in [0.1, 0.15) is 5.56 Å². The van der Waals surface area contributed by atoms with Crippen molar-refractivity contribution >= 4 is 39.6 Å². The van der Waals surface area contributed by atoms with E-state index in [1.807, 2.05) is 30.5 Å². The zero-order valence-electron chi connectivity index (χ0n) is 16.6. The number of methoxy groups -OCH3 is 2. The summed E-state index contributed by atoms with van der Waals surface area (Å²) in [5.74, 6) is 0.221. The van der Waals surface area contributed by atoms with Gasteiger partial charge in [0.2, 0.25) is 10.0 Å². The molecule has 8 nitrogen and oxygen atoms in total. The van der Waals surface area contributed by atoms with Gasteiger partial charge in [0.05, 0.1) is 32.4 Å². The maximum Gasteiger partial charge on any atom is 0.260 e. The van der Waals surface area contributed by atoms with Crippen molar-refractivity contribution in [3.63, 3.8) is 0 Å². The van der Waals surface area contributed by atoms with Gasteiger partial charge in [-0.15, -0.1) is 11.8 Å². The van der Waals surface area contributed by atoms with Gasteiger partial charge in [0, 0.05) is 11.0 Å². The van der Waals surface area contributed by atoms with Crippen LogP contribution in [0.2, 0.25) is 0 Å². The number of carbonyl (C=O) groups excluding carboxylic acids is 1. The molecule has 0 heterocycles. The fourth-order valence-corrected chi connectivity index (χ4v) is 3.67. The molecule has 0 saturated heterocycles. The third-order valence-electron chi connectivity index (χ3n) is 3.86. The van der Waals surface area contributed by atoms with Crippen molar-refractivity contribution in [2.24, 2.45) is 5.10 Å². The Kier molecular flexibility index (Phi) is 7.91. The van der Waals surface area contributed by atoms with Gasteiger partial charge in [0.1, 0.15) is 6.54 Å². The number of amides is 1. The number of hydrogen-bond donors (Lipinski definition) is 1. The molecule has 0 atom stereocenters. The normalized spacial score (nSPS) is 11.3. The number of thioether (sulfide) groups is 1. The topological polar surface area (TPSA) is 97.3 Å². The minimum Gasteiger partial charge on any atom is -0.493 e. The molecule has 2 rings (SSSR count). The summed E-state index contributed by atoms with van der Waals surface area (Å²) < 4.78 is 35.7. The summed E-state index contributed by atoms with van der Waals surface area (Å²) >= 11 is 1.62. The van der Waals surface area contributed by atoms with Crippen LogP contribution in [0.5, 0.6) is 11.5 Å². The van der Waals surface area contributed by atoms with E-state index in [9.17, 15) is 13.2 Å². The lowest BCUT2D eigenvalue weighted by atomic mass is 10.2. The molecule has 0 bridgehead atoms. The predicted molar refractivity (Wildman–Crippen MR) is 116 cm³/mol. The van der Waals surface area contributed by atoms with E-state index in [1.165, 1.54) is 32.6 Å². The maximum atomic E-state index is 12.3. The van der Waals surface area contributed by atoms with Crippen molar-refractivity contribution in [3.05, 3.63) is 48.0 Å². The SMILES string of the molecule is COc1ccc(N(CC(=O)N/N=C\c2ccc(SC)cc2)S(C)(=O)=O)cc1OC. The monoisotopic (exact) mass is 437 g/mol. The number of carbonyl (C=O) groups is 1. The fraction of sp³-hybridized carbons (Fsp3) is 0.263. The Morgan fingerprint density at radius 1 is 1.14 bits per heavy atom. The standard InChI is InChI=1S/C19H23N3O5S2/c1-26-17-10-7-15(11-18(17)27-2)22(29(4,24)25)13-19(23)21-20-12-14-5-8-16(28-3)9-6-14/h5-12H,13H2,1-4H3,(H,21,23)/b20-12-. The molecule has 0 saturated carbocycles. The average molecular weight is 438 g/mol. The fourth-order valence-electron chi connectivity index (χ4n) is 2.41. The lowest BCUT2D eigenvalue weighted by molar-refractivity contribution is -0.119. The molecule has 0 fully saturated rings. The number of ether oxygens (including phenoxy) is 2. The van der Waals surface area contributed by atoms with Gasteiger partial charge >= 0.3 is 0 Å². The summed E-state index contributed by atoms with van der Waals surface area (Å²) in [6, 6.07) is 12.2. The zero-order valence-corrected chi connectivity index (χ0v) is 18.2. The first-order valence-electron chi connectivity index (χ1n) is 8.44. The molecule has 1 N–H and O–H groups in total. The highest BCUT2D eigenvalue weighted by molar-refractivity contribution is 7.98. The van der Waals surface area contributed by atoms with Crippen LogP contribution in [-0.4, -0.2) is 53.8 Å². The minimum atomic E-state index is -3.72. The summed E-state index contributed by atoms with van der Waals surface area (Å²) in [6.07, 6.45) is 4.49. The number of rotatable bonds is 9. The van der Waals surface area contributed by atoms with Gasteiger partial charge in [-0.1, -0.05) is 12.1 Å². The Labute approximate surface area is 174 Å². The first kappa shape index (κ1) is 22.6. The van der Waals surface area contributed by atoms with E-state index >= 15 is 0 Å². The number of hydrazone groups is 1. The van der Waals surface area contributed by atoms with E-state index < -0.39 is 22.5 Å². The molecule has 0 unspecified atom stereocenters. The van der Waals surface area contributed by atoms with Gasteiger partial charge in [-0.2, -0.15) is 5.10 Å². The highest BCUT2D eigenvalue weighted by atomic mass is 32.2. The van der Waals surface area contributed by atoms with E-state index in [1.54, 1.807) is 17.8 Å². The molecule has 2 aromatic carbocycles. The molecule has 156 valence electrons. The van der Waals surface area contributed by atoms with Gasteiger partial charge in [0.25, 0.3) is 5.91 Å². The Morgan fingerprint density at radius 3 is 2.34 bits per heavy atom. The van der Waals surface area contributed by atoms with E-state index in [2.05, 4.69) is 10.5 Å². The number of anilines is 1. The number of hydrogen-bond acceptors (Lipinski definition) is 7. The van der Waals surface area contributed by atoms with Gasteiger partial charge in [-0.05, 0) is 36.1 Å². The van der Waals surface area contributed by atoms with Crippen LogP contribution in [0.15, 0.2) is 52.5 Å². The molecule has 0 aromatic heterocycles. The highest BCUT2D eigenvalue weighted by Gasteiger charge is 2.22. The molecule has 0 aliphatic heterocycles. The van der Waals surface area contributed by atoms with Crippen molar-refractivity contribution in [3.8, 4) is 11.5 Å².